The SMILES string of the molecule is CCCCCCCCCCCCCCCCCCCCC/C=C/CC/C=C/C(O)C(COC1OC(CO)C(OC2OC(CO)C(OC3OC(CO)C(O)C(O)C3O)C(O)C2O)C(O)C1O)NC(=O)CCCCCCCCCCCCCCCCCCCCCCCCCCCCCCCCCCCCC. The summed E-state index contributed by atoms with van der Waals surface area (Å²) in [5.41, 5.74) is 0. The topological polar surface area (TPSA) is 307 Å². The van der Waals surface area contributed by atoms with E-state index in [0.717, 1.165) is 38.5 Å². The molecule has 105 heavy (non-hydrogen) atoms. The van der Waals surface area contributed by atoms with Gasteiger partial charge in [0.2, 0.25) is 5.91 Å². The lowest BCUT2D eigenvalue weighted by molar-refractivity contribution is -0.379. The van der Waals surface area contributed by atoms with Gasteiger partial charge in [0.15, 0.2) is 18.9 Å². The first-order chi connectivity index (χ1) is 51.3. The van der Waals surface area contributed by atoms with E-state index in [-0.39, 0.29) is 18.9 Å². The van der Waals surface area contributed by atoms with Crippen LogP contribution in [0.2, 0.25) is 0 Å². The largest absolute Gasteiger partial charge is 0.394 e. The second-order valence-corrected chi connectivity index (χ2v) is 31.7. The molecule has 0 bridgehead atoms. The van der Waals surface area contributed by atoms with Crippen molar-refractivity contribution < 1.29 is 89.4 Å². The molecular weight excluding hydrogens is 1330 g/mol. The van der Waals surface area contributed by atoms with Gasteiger partial charge in [0.25, 0.3) is 0 Å². The molecule has 3 rings (SSSR count). The van der Waals surface area contributed by atoms with Gasteiger partial charge in [-0.1, -0.05) is 372 Å². The fraction of sp³-hybridized carbons (Fsp3) is 0.942. The van der Waals surface area contributed by atoms with Crippen LogP contribution in [0, 0.1) is 0 Å². The van der Waals surface area contributed by atoms with Crippen molar-refractivity contribution >= 4 is 5.91 Å². The predicted molar refractivity (Wildman–Crippen MR) is 420 cm³/mol. The summed E-state index contributed by atoms with van der Waals surface area (Å²) < 4.78 is 34.5. The molecule has 0 aliphatic carbocycles. The zero-order chi connectivity index (χ0) is 76.0. The highest BCUT2D eigenvalue weighted by Gasteiger charge is 2.54. The molecular formula is C86H163NO18. The lowest BCUT2D eigenvalue weighted by atomic mass is 9.96. The summed E-state index contributed by atoms with van der Waals surface area (Å²) in [5, 5.41) is 121. The Bertz CT molecular complexity index is 1990. The Morgan fingerprint density at radius 3 is 0.952 bits per heavy atom. The third-order valence-corrected chi connectivity index (χ3v) is 22.3. The molecule has 0 aromatic rings. The number of allylic oxidation sites excluding steroid dienone is 3. The van der Waals surface area contributed by atoms with E-state index in [4.69, 9.17) is 28.4 Å². The Hall–Kier alpha value is -1.73. The van der Waals surface area contributed by atoms with Gasteiger partial charge in [0.05, 0.1) is 38.6 Å². The average molecular weight is 1500 g/mol. The molecule has 0 saturated carbocycles. The lowest BCUT2D eigenvalue weighted by Gasteiger charge is -2.48. The van der Waals surface area contributed by atoms with Crippen molar-refractivity contribution in [1.82, 2.24) is 5.32 Å². The number of hydrogen-bond acceptors (Lipinski definition) is 18. The highest BCUT2D eigenvalue weighted by molar-refractivity contribution is 5.76. The standard InChI is InChI=1S/C86H163NO18/c1-3-5-7-9-11-13-15-17-19-21-23-25-27-29-30-31-32-33-34-35-36-37-38-40-42-44-46-48-50-52-54-56-58-60-62-64-74(92)87-69(70(91)63-61-59-57-55-53-51-49-47-45-43-41-39-28-26-24-22-20-18-16-14-12-10-8-6-4-2)68-100-84-80(98)77(95)82(72(66-89)102-84)105-86-81(99)78(96)83(73(67-90)103-86)104-85-79(97)76(94)75(93)71(65-88)101-85/h53,55,61,63,69-73,75-86,88-91,93-99H,3-52,54,56-60,62,64-68H2,1-2H3,(H,87,92)/b55-53+,63-61+. The maximum absolute atomic E-state index is 13.5. The Balaban J connectivity index is 1.33. The van der Waals surface area contributed by atoms with Crippen LogP contribution in [-0.2, 0) is 33.2 Å². The highest BCUT2D eigenvalue weighted by atomic mass is 16.8. The molecule has 3 fully saturated rings. The van der Waals surface area contributed by atoms with E-state index in [1.807, 2.05) is 6.08 Å². The first-order valence-electron chi connectivity index (χ1n) is 44.1. The molecule has 12 N–H and O–H groups in total. The van der Waals surface area contributed by atoms with Crippen LogP contribution in [0.1, 0.15) is 386 Å². The summed E-state index contributed by atoms with van der Waals surface area (Å²) in [7, 11) is 0. The summed E-state index contributed by atoms with van der Waals surface area (Å²) in [4.78, 5) is 13.5. The molecule has 1 amide bonds. The van der Waals surface area contributed by atoms with Crippen LogP contribution in [0.15, 0.2) is 24.3 Å². The van der Waals surface area contributed by atoms with Gasteiger partial charge >= 0.3 is 0 Å². The Morgan fingerprint density at radius 2 is 0.610 bits per heavy atom. The van der Waals surface area contributed by atoms with Crippen LogP contribution in [0.4, 0.5) is 0 Å². The quantitative estimate of drug-likeness (QED) is 0.0199. The van der Waals surface area contributed by atoms with Crippen LogP contribution in [0.25, 0.3) is 0 Å². The molecule has 17 unspecified atom stereocenters. The summed E-state index contributed by atoms with van der Waals surface area (Å²) in [6.45, 7) is 1.79. The summed E-state index contributed by atoms with van der Waals surface area (Å²) in [5.74, 6) is -0.276. The van der Waals surface area contributed by atoms with E-state index in [1.54, 1.807) is 6.08 Å². The van der Waals surface area contributed by atoms with Crippen LogP contribution in [0.3, 0.4) is 0 Å². The van der Waals surface area contributed by atoms with Crippen molar-refractivity contribution in [2.75, 3.05) is 26.4 Å². The van der Waals surface area contributed by atoms with E-state index in [2.05, 4.69) is 31.3 Å². The maximum Gasteiger partial charge on any atom is 0.220 e. The Labute approximate surface area is 638 Å². The number of amides is 1. The molecule has 3 saturated heterocycles. The number of unbranched alkanes of at least 4 members (excludes halogenated alkanes) is 54. The van der Waals surface area contributed by atoms with Crippen molar-refractivity contribution in [1.29, 1.82) is 0 Å². The second-order valence-electron chi connectivity index (χ2n) is 31.7. The number of ether oxygens (including phenoxy) is 6. The van der Waals surface area contributed by atoms with Gasteiger partial charge in [0.1, 0.15) is 73.2 Å². The van der Waals surface area contributed by atoms with Gasteiger partial charge in [-0.15, -0.1) is 0 Å². The summed E-state index contributed by atoms with van der Waals surface area (Å²) >= 11 is 0. The van der Waals surface area contributed by atoms with E-state index in [1.165, 1.54) is 315 Å². The third-order valence-electron chi connectivity index (χ3n) is 22.3. The first kappa shape index (κ1) is 97.5. The normalized spacial score (nSPS) is 25.8. The molecule has 0 aromatic carbocycles. The van der Waals surface area contributed by atoms with Gasteiger partial charge in [-0.2, -0.15) is 0 Å². The molecule has 3 aliphatic rings. The van der Waals surface area contributed by atoms with Gasteiger partial charge in [0, 0.05) is 6.42 Å². The van der Waals surface area contributed by atoms with Crippen molar-refractivity contribution in [3.05, 3.63) is 24.3 Å². The monoisotopic (exact) mass is 1500 g/mol. The zero-order valence-electron chi connectivity index (χ0n) is 66.7. The molecule has 19 heteroatoms. The summed E-state index contributed by atoms with van der Waals surface area (Å²) in [6, 6.07) is -0.989. The van der Waals surface area contributed by atoms with E-state index in [0.29, 0.717) is 12.8 Å². The molecule has 19 nitrogen and oxygen atoms in total. The molecule has 3 heterocycles. The smallest absolute Gasteiger partial charge is 0.220 e. The van der Waals surface area contributed by atoms with Gasteiger partial charge in [-0.05, 0) is 32.1 Å². The Morgan fingerprint density at radius 1 is 0.333 bits per heavy atom. The number of carbonyl (C=O) groups excluding carboxylic acids is 1. The molecule has 0 radical (unpaired) electrons. The minimum Gasteiger partial charge on any atom is -0.394 e. The van der Waals surface area contributed by atoms with Crippen molar-refractivity contribution in [3.63, 3.8) is 0 Å². The van der Waals surface area contributed by atoms with E-state index >= 15 is 0 Å². The molecule has 0 spiro atoms. The van der Waals surface area contributed by atoms with Crippen molar-refractivity contribution in [3.8, 4) is 0 Å². The zero-order valence-corrected chi connectivity index (χ0v) is 66.7. The third kappa shape index (κ3) is 46.1. The minimum absolute atomic E-state index is 0.241. The Kier molecular flexibility index (Phi) is 62.0. The number of rotatable bonds is 72. The number of aliphatic hydroxyl groups is 11. The van der Waals surface area contributed by atoms with Crippen LogP contribution >= 0.6 is 0 Å². The van der Waals surface area contributed by atoms with Crippen LogP contribution in [-0.4, -0.2) is 193 Å². The molecule has 17 atom stereocenters. The second kappa shape index (κ2) is 66.8. The number of nitrogens with one attached hydrogen (secondary N) is 1. The number of carbonyl (C=O) groups is 1. The van der Waals surface area contributed by atoms with Gasteiger partial charge < -0.3 is 89.9 Å². The molecule has 0 aromatic heterocycles. The number of hydrogen-bond donors (Lipinski definition) is 12. The fourth-order valence-electron chi connectivity index (χ4n) is 15.2. The van der Waals surface area contributed by atoms with Gasteiger partial charge in [-0.3, -0.25) is 4.79 Å². The lowest BCUT2D eigenvalue weighted by Crippen LogP contribution is -2.66. The predicted octanol–water partition coefficient (Wildman–Crippen LogP) is 16.1. The minimum atomic E-state index is -1.98. The molecule has 3 aliphatic heterocycles. The maximum atomic E-state index is 13.5. The highest BCUT2D eigenvalue weighted by Crippen LogP contribution is 2.34. The van der Waals surface area contributed by atoms with Crippen LogP contribution < -0.4 is 5.32 Å². The van der Waals surface area contributed by atoms with E-state index in [9.17, 15) is 61.0 Å². The van der Waals surface area contributed by atoms with Crippen molar-refractivity contribution in [2.45, 2.75) is 491 Å². The van der Waals surface area contributed by atoms with Crippen LogP contribution in [0.5, 0.6) is 0 Å². The first-order valence-corrected chi connectivity index (χ1v) is 44.1. The molecule has 620 valence electrons. The van der Waals surface area contributed by atoms with Crippen molar-refractivity contribution in [2.24, 2.45) is 0 Å². The fourth-order valence-corrected chi connectivity index (χ4v) is 15.2. The van der Waals surface area contributed by atoms with Gasteiger partial charge in [-0.25, -0.2) is 0 Å². The average Bonchev–Trinajstić information content (AvgIpc) is 0.780. The number of aliphatic hydroxyl groups excluding tert-OH is 11. The summed E-state index contributed by atoms with van der Waals surface area (Å²) in [6.07, 6.45) is 56.3. The van der Waals surface area contributed by atoms with E-state index < -0.39 is 124 Å².